The number of benzene rings is 1. The van der Waals surface area contributed by atoms with Crippen LogP contribution in [0, 0.1) is 0 Å². The van der Waals surface area contributed by atoms with Gasteiger partial charge in [0, 0.05) is 5.56 Å². The van der Waals surface area contributed by atoms with E-state index in [0.29, 0.717) is 18.1 Å². The van der Waals surface area contributed by atoms with E-state index in [-0.39, 0.29) is 0 Å². The molecule has 18 heavy (non-hydrogen) atoms. The molecule has 1 aromatic carbocycles. The summed E-state index contributed by atoms with van der Waals surface area (Å²) >= 11 is 0. The highest BCUT2D eigenvalue weighted by atomic mass is 16.5. The monoisotopic (exact) mass is 247 g/mol. The number of hydrogen-bond donors (Lipinski definition) is 1. The first-order valence-corrected chi connectivity index (χ1v) is 5.74. The zero-order valence-corrected chi connectivity index (χ0v) is 10.8. The number of para-hydroxylation sites is 1. The minimum absolute atomic E-state index is 0.507. The fourth-order valence-corrected chi connectivity index (χ4v) is 1.60. The van der Waals surface area contributed by atoms with Crippen molar-refractivity contribution in [3.05, 3.63) is 41.5 Å². The number of hydrogen-bond acceptors (Lipinski definition) is 5. The fourth-order valence-electron chi connectivity index (χ4n) is 1.60. The number of methoxy groups -OCH3 is 1. The summed E-state index contributed by atoms with van der Waals surface area (Å²) in [5, 5.41) is 3.89. The van der Waals surface area contributed by atoms with Crippen LogP contribution in [0.15, 0.2) is 28.8 Å². The minimum Gasteiger partial charge on any atom is -0.496 e. The number of ether oxygens (including phenoxy) is 1. The van der Waals surface area contributed by atoms with Crippen molar-refractivity contribution in [1.29, 1.82) is 0 Å². The van der Waals surface area contributed by atoms with Crippen molar-refractivity contribution in [2.75, 3.05) is 7.11 Å². The van der Waals surface area contributed by atoms with Crippen molar-refractivity contribution < 1.29 is 9.26 Å². The average Bonchev–Trinajstić information content (AvgIpc) is 2.78. The SMILES string of the molecule is COc1ccccc1Cc1nc(C(C)(C)N)no1. The molecule has 0 radical (unpaired) electrons. The number of nitrogens with zero attached hydrogens (tertiary/aromatic N) is 2. The molecule has 5 heteroatoms. The number of aromatic nitrogens is 2. The third kappa shape index (κ3) is 2.68. The molecule has 2 aromatic rings. The summed E-state index contributed by atoms with van der Waals surface area (Å²) in [4.78, 5) is 4.29. The first-order valence-electron chi connectivity index (χ1n) is 5.74. The second kappa shape index (κ2) is 4.78. The standard InChI is InChI=1S/C13H17N3O2/c1-13(2,14)12-15-11(18-16-12)8-9-6-4-5-7-10(9)17-3/h4-7H,8,14H2,1-3H3. The van der Waals surface area contributed by atoms with Crippen molar-refractivity contribution in [3.8, 4) is 5.75 Å². The lowest BCUT2D eigenvalue weighted by atomic mass is 10.1. The highest BCUT2D eigenvalue weighted by Gasteiger charge is 2.21. The Balaban J connectivity index is 2.22. The van der Waals surface area contributed by atoms with Gasteiger partial charge >= 0.3 is 0 Å². The largest absolute Gasteiger partial charge is 0.496 e. The minimum atomic E-state index is -0.595. The maximum absolute atomic E-state index is 5.91. The van der Waals surface area contributed by atoms with E-state index in [1.165, 1.54) is 0 Å². The van der Waals surface area contributed by atoms with E-state index in [0.717, 1.165) is 11.3 Å². The molecular weight excluding hydrogens is 230 g/mol. The van der Waals surface area contributed by atoms with E-state index >= 15 is 0 Å². The molecule has 96 valence electrons. The second-order valence-corrected chi connectivity index (χ2v) is 4.72. The molecule has 0 spiro atoms. The molecule has 2 N–H and O–H groups in total. The summed E-state index contributed by atoms with van der Waals surface area (Å²) in [7, 11) is 1.64. The van der Waals surface area contributed by atoms with Crippen LogP contribution in [-0.4, -0.2) is 17.3 Å². The van der Waals surface area contributed by atoms with Crippen molar-refractivity contribution in [1.82, 2.24) is 10.1 Å². The Morgan fingerprint density at radius 3 is 2.67 bits per heavy atom. The lowest BCUT2D eigenvalue weighted by Crippen LogP contribution is -2.30. The molecule has 0 aliphatic heterocycles. The summed E-state index contributed by atoms with van der Waals surface area (Å²) in [6.45, 7) is 3.68. The molecule has 0 aliphatic carbocycles. The van der Waals surface area contributed by atoms with Gasteiger partial charge in [0.1, 0.15) is 5.75 Å². The maximum atomic E-state index is 5.91. The normalized spacial score (nSPS) is 11.6. The summed E-state index contributed by atoms with van der Waals surface area (Å²) in [5.41, 5.74) is 6.32. The van der Waals surface area contributed by atoms with E-state index < -0.39 is 5.54 Å². The van der Waals surface area contributed by atoms with Gasteiger partial charge in [0.25, 0.3) is 0 Å². The summed E-state index contributed by atoms with van der Waals surface area (Å²) < 4.78 is 10.5. The fraction of sp³-hybridized carbons (Fsp3) is 0.385. The second-order valence-electron chi connectivity index (χ2n) is 4.72. The zero-order chi connectivity index (χ0) is 13.2. The summed E-state index contributed by atoms with van der Waals surface area (Å²) in [6.07, 6.45) is 0.535. The van der Waals surface area contributed by atoms with Crippen LogP contribution < -0.4 is 10.5 Å². The molecule has 1 aromatic heterocycles. The summed E-state index contributed by atoms with van der Waals surface area (Å²) in [6, 6.07) is 7.74. The molecule has 0 fully saturated rings. The van der Waals surface area contributed by atoms with Crippen molar-refractivity contribution in [3.63, 3.8) is 0 Å². The molecule has 2 rings (SSSR count). The van der Waals surface area contributed by atoms with Gasteiger partial charge in [0.05, 0.1) is 19.1 Å². The van der Waals surface area contributed by atoms with Crippen LogP contribution in [0.2, 0.25) is 0 Å². The Bertz CT molecular complexity index is 529. The van der Waals surface area contributed by atoms with Crippen LogP contribution in [0.1, 0.15) is 31.1 Å². The van der Waals surface area contributed by atoms with Crippen molar-refractivity contribution >= 4 is 0 Å². The molecule has 0 amide bonds. The lowest BCUT2D eigenvalue weighted by Gasteiger charge is -2.11. The predicted octanol–water partition coefficient (Wildman–Crippen LogP) is 1.86. The van der Waals surface area contributed by atoms with Gasteiger partial charge in [-0.3, -0.25) is 0 Å². The third-order valence-corrected chi connectivity index (χ3v) is 2.58. The van der Waals surface area contributed by atoms with Crippen molar-refractivity contribution in [2.45, 2.75) is 25.8 Å². The quantitative estimate of drug-likeness (QED) is 0.892. The third-order valence-electron chi connectivity index (χ3n) is 2.58. The van der Waals surface area contributed by atoms with E-state index in [9.17, 15) is 0 Å². The van der Waals surface area contributed by atoms with Gasteiger partial charge in [0.15, 0.2) is 5.82 Å². The Labute approximate surface area is 106 Å². The smallest absolute Gasteiger partial charge is 0.231 e. The predicted molar refractivity (Wildman–Crippen MR) is 67.3 cm³/mol. The molecule has 0 unspecified atom stereocenters. The van der Waals surface area contributed by atoms with Crippen molar-refractivity contribution in [2.24, 2.45) is 5.73 Å². The van der Waals surface area contributed by atoms with Crippen LogP contribution in [0.4, 0.5) is 0 Å². The molecule has 1 heterocycles. The molecule has 0 saturated carbocycles. The van der Waals surface area contributed by atoms with Crippen LogP contribution in [0.3, 0.4) is 0 Å². The topological polar surface area (TPSA) is 74.2 Å². The molecule has 5 nitrogen and oxygen atoms in total. The molecule has 0 bridgehead atoms. The van der Waals surface area contributed by atoms with Crippen LogP contribution in [-0.2, 0) is 12.0 Å². The highest BCUT2D eigenvalue weighted by molar-refractivity contribution is 5.34. The van der Waals surface area contributed by atoms with E-state index in [1.54, 1.807) is 7.11 Å². The summed E-state index contributed by atoms with van der Waals surface area (Å²) in [5.74, 6) is 1.85. The van der Waals surface area contributed by atoms with E-state index in [2.05, 4.69) is 10.1 Å². The van der Waals surface area contributed by atoms with Gasteiger partial charge in [-0.15, -0.1) is 0 Å². The molecule has 0 aliphatic rings. The average molecular weight is 247 g/mol. The van der Waals surface area contributed by atoms with Crippen LogP contribution in [0.25, 0.3) is 0 Å². The van der Waals surface area contributed by atoms with Gasteiger partial charge in [0.2, 0.25) is 5.89 Å². The first kappa shape index (κ1) is 12.6. The molecular formula is C13H17N3O2. The molecule has 0 atom stereocenters. The van der Waals surface area contributed by atoms with Crippen LogP contribution >= 0.6 is 0 Å². The number of rotatable bonds is 4. The van der Waals surface area contributed by atoms with Gasteiger partial charge in [-0.05, 0) is 19.9 Å². The van der Waals surface area contributed by atoms with Gasteiger partial charge in [-0.1, -0.05) is 23.4 Å². The first-order chi connectivity index (χ1) is 8.50. The maximum Gasteiger partial charge on any atom is 0.231 e. The van der Waals surface area contributed by atoms with Crippen LogP contribution in [0.5, 0.6) is 5.75 Å². The highest BCUT2D eigenvalue weighted by Crippen LogP contribution is 2.21. The number of nitrogens with two attached hydrogens (primary N) is 1. The van der Waals surface area contributed by atoms with Gasteiger partial charge < -0.3 is 15.0 Å². The van der Waals surface area contributed by atoms with E-state index in [4.69, 9.17) is 15.0 Å². The van der Waals surface area contributed by atoms with E-state index in [1.807, 2.05) is 38.1 Å². The molecule has 0 saturated heterocycles. The van der Waals surface area contributed by atoms with Gasteiger partial charge in [-0.25, -0.2) is 0 Å². The Morgan fingerprint density at radius 2 is 2.06 bits per heavy atom. The lowest BCUT2D eigenvalue weighted by molar-refractivity contribution is 0.362. The Morgan fingerprint density at radius 1 is 1.33 bits per heavy atom. The Hall–Kier alpha value is -1.88. The zero-order valence-electron chi connectivity index (χ0n) is 10.8. The Kier molecular flexibility index (Phi) is 3.34. The van der Waals surface area contributed by atoms with Gasteiger partial charge in [-0.2, -0.15) is 4.98 Å².